The Kier molecular flexibility index (Phi) is 3.35. The first-order valence-corrected chi connectivity index (χ1v) is 6.50. The van der Waals surface area contributed by atoms with Gasteiger partial charge in [-0.25, -0.2) is 0 Å². The van der Waals surface area contributed by atoms with E-state index in [9.17, 15) is 0 Å². The SMILES string of the molecule is CCc1c(N)n[nH]c1-c1ccc(Br)cc1Br. The molecule has 0 aliphatic rings. The van der Waals surface area contributed by atoms with E-state index in [1.54, 1.807) is 0 Å². The fraction of sp³-hybridized carbons (Fsp3) is 0.182. The van der Waals surface area contributed by atoms with Crippen LogP contribution in [0.2, 0.25) is 0 Å². The van der Waals surface area contributed by atoms with Gasteiger partial charge in [-0.05, 0) is 18.6 Å². The van der Waals surface area contributed by atoms with Crippen LogP contribution in [-0.4, -0.2) is 10.2 Å². The van der Waals surface area contributed by atoms with Crippen LogP contribution >= 0.6 is 31.9 Å². The van der Waals surface area contributed by atoms with Crippen molar-refractivity contribution < 1.29 is 0 Å². The molecule has 0 saturated heterocycles. The summed E-state index contributed by atoms with van der Waals surface area (Å²) in [5, 5.41) is 7.03. The summed E-state index contributed by atoms with van der Waals surface area (Å²) in [4.78, 5) is 0. The van der Waals surface area contributed by atoms with Gasteiger partial charge in [0, 0.05) is 20.1 Å². The van der Waals surface area contributed by atoms with E-state index in [1.807, 2.05) is 18.2 Å². The smallest absolute Gasteiger partial charge is 0.149 e. The number of anilines is 1. The molecule has 0 fully saturated rings. The highest BCUT2D eigenvalue weighted by Gasteiger charge is 2.13. The third-order valence-electron chi connectivity index (χ3n) is 2.45. The Morgan fingerprint density at radius 2 is 2.12 bits per heavy atom. The number of halogens is 2. The Hall–Kier alpha value is -0.810. The zero-order valence-electron chi connectivity index (χ0n) is 8.72. The average Bonchev–Trinajstić information content (AvgIpc) is 2.59. The molecule has 84 valence electrons. The molecule has 3 N–H and O–H groups in total. The van der Waals surface area contributed by atoms with Crippen LogP contribution in [0.15, 0.2) is 27.1 Å². The highest BCUT2D eigenvalue weighted by molar-refractivity contribution is 9.11. The van der Waals surface area contributed by atoms with Crippen molar-refractivity contribution in [1.82, 2.24) is 10.2 Å². The van der Waals surface area contributed by atoms with Crippen LogP contribution in [0.4, 0.5) is 5.82 Å². The lowest BCUT2D eigenvalue weighted by Crippen LogP contribution is -1.91. The first kappa shape index (κ1) is 11.7. The van der Waals surface area contributed by atoms with Gasteiger partial charge in [0.1, 0.15) is 5.82 Å². The highest BCUT2D eigenvalue weighted by atomic mass is 79.9. The lowest BCUT2D eigenvalue weighted by atomic mass is 10.1. The van der Waals surface area contributed by atoms with E-state index in [0.717, 1.165) is 32.2 Å². The summed E-state index contributed by atoms with van der Waals surface area (Å²) in [7, 11) is 0. The fourth-order valence-corrected chi connectivity index (χ4v) is 2.90. The monoisotopic (exact) mass is 343 g/mol. The molecule has 16 heavy (non-hydrogen) atoms. The molecule has 0 bridgehead atoms. The number of aromatic amines is 1. The number of H-pyrrole nitrogens is 1. The fourth-order valence-electron chi connectivity index (χ4n) is 1.65. The molecule has 1 aromatic heterocycles. The first-order valence-electron chi connectivity index (χ1n) is 4.91. The first-order chi connectivity index (χ1) is 7.63. The predicted molar refractivity (Wildman–Crippen MR) is 73.2 cm³/mol. The average molecular weight is 345 g/mol. The zero-order valence-corrected chi connectivity index (χ0v) is 11.9. The molecule has 1 heterocycles. The van der Waals surface area contributed by atoms with Gasteiger partial charge in [0.2, 0.25) is 0 Å². The topological polar surface area (TPSA) is 54.7 Å². The lowest BCUT2D eigenvalue weighted by Gasteiger charge is -2.05. The molecule has 2 rings (SSSR count). The van der Waals surface area contributed by atoms with Gasteiger partial charge in [0.25, 0.3) is 0 Å². The second kappa shape index (κ2) is 4.59. The molecule has 2 aromatic rings. The van der Waals surface area contributed by atoms with Crippen molar-refractivity contribution in [3.63, 3.8) is 0 Å². The Morgan fingerprint density at radius 1 is 1.38 bits per heavy atom. The Balaban J connectivity index is 2.58. The van der Waals surface area contributed by atoms with Gasteiger partial charge < -0.3 is 5.73 Å². The maximum atomic E-state index is 5.80. The van der Waals surface area contributed by atoms with Gasteiger partial charge in [0.05, 0.1) is 5.69 Å². The number of nitrogens with two attached hydrogens (primary N) is 1. The molecule has 0 radical (unpaired) electrons. The summed E-state index contributed by atoms with van der Waals surface area (Å²) < 4.78 is 2.05. The van der Waals surface area contributed by atoms with Crippen LogP contribution in [0.5, 0.6) is 0 Å². The van der Waals surface area contributed by atoms with E-state index in [0.29, 0.717) is 5.82 Å². The number of nitrogen functional groups attached to an aromatic ring is 1. The number of aromatic nitrogens is 2. The maximum Gasteiger partial charge on any atom is 0.149 e. The number of nitrogens with zero attached hydrogens (tertiary/aromatic N) is 1. The quantitative estimate of drug-likeness (QED) is 0.871. The number of hydrogen-bond acceptors (Lipinski definition) is 2. The molecule has 0 unspecified atom stereocenters. The van der Waals surface area contributed by atoms with Crippen molar-refractivity contribution in [2.45, 2.75) is 13.3 Å². The van der Waals surface area contributed by atoms with Crippen molar-refractivity contribution in [3.05, 3.63) is 32.7 Å². The third-order valence-corrected chi connectivity index (χ3v) is 3.60. The number of rotatable bonds is 2. The van der Waals surface area contributed by atoms with Gasteiger partial charge in [-0.1, -0.05) is 44.8 Å². The largest absolute Gasteiger partial charge is 0.382 e. The molecule has 0 amide bonds. The molecular formula is C11H11Br2N3. The van der Waals surface area contributed by atoms with Crippen LogP contribution in [0.1, 0.15) is 12.5 Å². The second-order valence-electron chi connectivity index (χ2n) is 3.44. The Morgan fingerprint density at radius 3 is 2.75 bits per heavy atom. The maximum absolute atomic E-state index is 5.80. The predicted octanol–water partition coefficient (Wildman–Crippen LogP) is 3.75. The van der Waals surface area contributed by atoms with Gasteiger partial charge in [-0.2, -0.15) is 5.10 Å². The second-order valence-corrected chi connectivity index (χ2v) is 5.21. The highest BCUT2D eigenvalue weighted by Crippen LogP contribution is 2.33. The summed E-state index contributed by atoms with van der Waals surface area (Å²) in [6.45, 7) is 2.07. The standard InChI is InChI=1S/C11H11Br2N3/c1-2-7-10(15-16-11(7)14)8-4-3-6(12)5-9(8)13/h3-5H,2H2,1H3,(H3,14,15,16). The van der Waals surface area contributed by atoms with E-state index in [2.05, 4.69) is 49.0 Å². The van der Waals surface area contributed by atoms with Crippen molar-refractivity contribution >= 4 is 37.7 Å². The molecule has 1 aromatic carbocycles. The van der Waals surface area contributed by atoms with Crippen molar-refractivity contribution in [2.75, 3.05) is 5.73 Å². The Bertz CT molecular complexity index is 520. The van der Waals surface area contributed by atoms with Gasteiger partial charge in [0.15, 0.2) is 0 Å². The number of hydrogen-bond donors (Lipinski definition) is 2. The van der Waals surface area contributed by atoms with E-state index in [-0.39, 0.29) is 0 Å². The molecule has 3 nitrogen and oxygen atoms in total. The molecule has 0 spiro atoms. The summed E-state index contributed by atoms with van der Waals surface area (Å²) in [5.41, 5.74) is 8.92. The summed E-state index contributed by atoms with van der Waals surface area (Å²) in [5.74, 6) is 0.576. The van der Waals surface area contributed by atoms with Crippen LogP contribution in [0.3, 0.4) is 0 Å². The summed E-state index contributed by atoms with van der Waals surface area (Å²) >= 11 is 6.97. The van der Waals surface area contributed by atoms with Crippen molar-refractivity contribution in [2.24, 2.45) is 0 Å². The third kappa shape index (κ3) is 2.01. The van der Waals surface area contributed by atoms with Gasteiger partial charge in [-0.15, -0.1) is 0 Å². The number of nitrogens with one attached hydrogen (secondary N) is 1. The molecule has 0 saturated carbocycles. The minimum atomic E-state index is 0.576. The summed E-state index contributed by atoms with van der Waals surface area (Å²) in [6.07, 6.45) is 0.861. The number of benzene rings is 1. The van der Waals surface area contributed by atoms with Gasteiger partial charge >= 0.3 is 0 Å². The minimum absolute atomic E-state index is 0.576. The van der Waals surface area contributed by atoms with Crippen LogP contribution in [0.25, 0.3) is 11.3 Å². The van der Waals surface area contributed by atoms with Crippen molar-refractivity contribution in [1.29, 1.82) is 0 Å². The minimum Gasteiger partial charge on any atom is -0.382 e. The lowest BCUT2D eigenvalue weighted by molar-refractivity contribution is 1.10. The molecule has 0 atom stereocenters. The van der Waals surface area contributed by atoms with E-state index < -0.39 is 0 Å². The molecule has 5 heteroatoms. The van der Waals surface area contributed by atoms with Crippen LogP contribution in [-0.2, 0) is 6.42 Å². The van der Waals surface area contributed by atoms with Gasteiger partial charge in [-0.3, -0.25) is 5.10 Å². The Labute approximate surface area is 111 Å². The summed E-state index contributed by atoms with van der Waals surface area (Å²) in [6, 6.07) is 6.03. The van der Waals surface area contributed by atoms with Crippen LogP contribution < -0.4 is 5.73 Å². The molecular weight excluding hydrogens is 334 g/mol. The van der Waals surface area contributed by atoms with E-state index in [4.69, 9.17) is 5.73 Å². The van der Waals surface area contributed by atoms with Crippen molar-refractivity contribution in [3.8, 4) is 11.3 Å². The van der Waals surface area contributed by atoms with E-state index in [1.165, 1.54) is 0 Å². The molecule has 0 aliphatic carbocycles. The zero-order chi connectivity index (χ0) is 11.7. The van der Waals surface area contributed by atoms with Crippen LogP contribution in [0, 0.1) is 0 Å². The normalized spacial score (nSPS) is 10.7. The molecule has 0 aliphatic heterocycles. The van der Waals surface area contributed by atoms with E-state index >= 15 is 0 Å².